The van der Waals surface area contributed by atoms with Crippen molar-refractivity contribution in [3.63, 3.8) is 0 Å². The van der Waals surface area contributed by atoms with Crippen LogP contribution in [0.25, 0.3) is 22.3 Å². The Bertz CT molecular complexity index is 1230. The summed E-state index contributed by atoms with van der Waals surface area (Å²) in [5.74, 6) is -3.62. The number of aliphatic hydroxyl groups is 3. The van der Waals surface area contributed by atoms with Crippen LogP contribution in [-0.2, 0) is 9.53 Å². The second-order valence-corrected chi connectivity index (χ2v) is 7.37. The lowest BCUT2D eigenvalue weighted by Gasteiger charge is -2.38. The molecule has 1 fully saturated rings. The number of carbonyl (C=O) groups is 1. The number of hydrogen-bond acceptors (Lipinski definition) is 10. The van der Waals surface area contributed by atoms with Crippen molar-refractivity contribution in [2.24, 2.45) is 0 Å². The van der Waals surface area contributed by atoms with Gasteiger partial charge >= 0.3 is 17.3 Å². The Balaban J connectivity index is 1.84. The monoisotopic (exact) mass is 463 g/mol. The molecule has 5 atom stereocenters. The average molecular weight is 463 g/mol. The van der Waals surface area contributed by atoms with Crippen molar-refractivity contribution in [3.05, 3.63) is 36.4 Å². The molecule has 2 aromatic carbocycles. The van der Waals surface area contributed by atoms with Crippen LogP contribution in [0.5, 0.6) is 28.7 Å². The standard InChI is InChI=1S/C21H18O12/c22-8-4-11(24)9-6-14(32-21-17(28)15(26)16(27)19(33-21)20(29)30)18(31-13(9)5-8)7-1-2-10(23)12(25)3-7/h1-6,15-17,19,21,26-28H,(H4-,22,23,24,25,29,30)/p+1/t15-,16-,17+,19-,21+/m1/s1. The quantitative estimate of drug-likeness (QED) is 0.196. The first kappa shape index (κ1) is 22.4. The number of ether oxygens (including phenoxy) is 2. The topological polar surface area (TPSA) is 209 Å². The molecule has 0 spiro atoms. The minimum Gasteiger partial charge on any atom is -0.507 e. The molecule has 174 valence electrons. The van der Waals surface area contributed by atoms with Gasteiger partial charge in [0.05, 0.1) is 11.6 Å². The van der Waals surface area contributed by atoms with E-state index in [1.807, 2.05) is 0 Å². The van der Waals surface area contributed by atoms with Crippen molar-refractivity contribution in [1.29, 1.82) is 0 Å². The molecule has 0 aliphatic carbocycles. The summed E-state index contributed by atoms with van der Waals surface area (Å²) < 4.78 is 16.5. The van der Waals surface area contributed by atoms with E-state index in [0.29, 0.717) is 0 Å². The van der Waals surface area contributed by atoms with Crippen molar-refractivity contribution in [3.8, 4) is 40.1 Å². The van der Waals surface area contributed by atoms with E-state index < -0.39 is 53.9 Å². The van der Waals surface area contributed by atoms with Gasteiger partial charge in [-0.2, -0.15) is 0 Å². The maximum Gasteiger partial charge on any atom is 0.402 e. The maximum atomic E-state index is 11.4. The number of aliphatic hydroxyl groups excluding tert-OH is 3. The zero-order chi connectivity index (χ0) is 24.0. The molecule has 3 aromatic rings. The molecule has 33 heavy (non-hydrogen) atoms. The molecule has 1 aliphatic heterocycles. The lowest BCUT2D eigenvalue weighted by Crippen LogP contribution is -2.61. The molecule has 0 unspecified atom stereocenters. The summed E-state index contributed by atoms with van der Waals surface area (Å²) in [5.41, 5.74) is 0.136. The molecule has 0 amide bonds. The Labute approximate surface area is 184 Å². The SMILES string of the molecule is O=C(O)[C@@H]1O[C@H](Oc2cc3c(O)cc(O)cc3[o+]c2-c2ccc(O)c(O)c2)[C@@H](O)[C@H](O)[C@H]1O. The molecule has 1 aliphatic rings. The van der Waals surface area contributed by atoms with Crippen molar-refractivity contribution >= 4 is 16.9 Å². The first-order valence-electron chi connectivity index (χ1n) is 9.51. The van der Waals surface area contributed by atoms with E-state index in [9.17, 15) is 45.6 Å². The molecule has 0 bridgehead atoms. The summed E-state index contributed by atoms with van der Waals surface area (Å²) in [4.78, 5) is 11.4. The summed E-state index contributed by atoms with van der Waals surface area (Å²) in [7, 11) is 0. The van der Waals surface area contributed by atoms with Gasteiger partial charge in [-0.15, -0.1) is 0 Å². The number of benzene rings is 2. The molecule has 12 heteroatoms. The van der Waals surface area contributed by atoms with Gasteiger partial charge in [0.15, 0.2) is 17.6 Å². The molecule has 12 nitrogen and oxygen atoms in total. The Morgan fingerprint density at radius 1 is 0.879 bits per heavy atom. The summed E-state index contributed by atoms with van der Waals surface area (Å²) in [6.45, 7) is 0. The highest BCUT2D eigenvalue weighted by Gasteiger charge is 2.48. The fourth-order valence-corrected chi connectivity index (χ4v) is 3.41. The molecular weight excluding hydrogens is 444 g/mol. The van der Waals surface area contributed by atoms with Crippen LogP contribution in [0.3, 0.4) is 0 Å². The number of rotatable bonds is 4. The van der Waals surface area contributed by atoms with Gasteiger partial charge in [0.1, 0.15) is 35.2 Å². The van der Waals surface area contributed by atoms with Crippen molar-refractivity contribution < 1.29 is 59.5 Å². The minimum absolute atomic E-state index is 0.00797. The molecule has 1 saturated heterocycles. The molecule has 2 heterocycles. The second-order valence-electron chi connectivity index (χ2n) is 7.37. The van der Waals surface area contributed by atoms with Gasteiger partial charge < -0.3 is 50.3 Å². The molecule has 0 radical (unpaired) electrons. The van der Waals surface area contributed by atoms with Gasteiger partial charge in [-0.05, 0) is 12.1 Å². The van der Waals surface area contributed by atoms with Crippen LogP contribution in [-0.4, -0.2) is 77.5 Å². The molecule has 4 rings (SSSR count). The first-order chi connectivity index (χ1) is 15.6. The highest BCUT2D eigenvalue weighted by Crippen LogP contribution is 2.42. The number of aromatic hydroxyl groups is 4. The van der Waals surface area contributed by atoms with Crippen LogP contribution in [0.15, 0.2) is 40.8 Å². The van der Waals surface area contributed by atoms with E-state index >= 15 is 0 Å². The fraction of sp³-hybridized carbons (Fsp3) is 0.238. The number of hydrogen-bond donors (Lipinski definition) is 8. The van der Waals surface area contributed by atoms with E-state index in [4.69, 9.17) is 13.9 Å². The van der Waals surface area contributed by atoms with Crippen molar-refractivity contribution in [2.75, 3.05) is 0 Å². The van der Waals surface area contributed by atoms with Crippen LogP contribution in [0.2, 0.25) is 0 Å². The Morgan fingerprint density at radius 3 is 2.27 bits per heavy atom. The predicted octanol–water partition coefficient (Wildman–Crippen LogP) is 0.474. The van der Waals surface area contributed by atoms with E-state index in [1.54, 1.807) is 0 Å². The minimum atomic E-state index is -1.93. The van der Waals surface area contributed by atoms with Gasteiger partial charge in [-0.25, -0.2) is 9.21 Å². The Kier molecular flexibility index (Phi) is 5.59. The summed E-state index contributed by atoms with van der Waals surface area (Å²) in [6.07, 6.45) is -9.44. The average Bonchev–Trinajstić information content (AvgIpc) is 2.75. The van der Waals surface area contributed by atoms with Crippen LogP contribution < -0.4 is 4.74 Å². The van der Waals surface area contributed by atoms with E-state index in [-0.39, 0.29) is 33.8 Å². The summed E-state index contributed by atoms with van der Waals surface area (Å²) in [6, 6.07) is 7.06. The number of phenols is 4. The third kappa shape index (κ3) is 4.03. The lowest BCUT2D eigenvalue weighted by molar-refractivity contribution is -0.271. The number of phenolic OH excluding ortho intramolecular Hbond substituents is 4. The van der Waals surface area contributed by atoms with Crippen LogP contribution in [0.4, 0.5) is 0 Å². The van der Waals surface area contributed by atoms with E-state index in [1.165, 1.54) is 18.2 Å². The Morgan fingerprint density at radius 2 is 1.61 bits per heavy atom. The third-order valence-electron chi connectivity index (χ3n) is 5.11. The van der Waals surface area contributed by atoms with Gasteiger partial charge in [0.25, 0.3) is 0 Å². The zero-order valence-electron chi connectivity index (χ0n) is 16.6. The van der Waals surface area contributed by atoms with Crippen molar-refractivity contribution in [1.82, 2.24) is 0 Å². The van der Waals surface area contributed by atoms with E-state index in [2.05, 4.69) is 0 Å². The number of aliphatic carboxylic acids is 1. The number of fused-ring (bicyclic) bond motifs is 1. The van der Waals surface area contributed by atoms with Gasteiger partial charge in [-0.3, -0.25) is 0 Å². The highest BCUT2D eigenvalue weighted by molar-refractivity contribution is 5.88. The maximum absolute atomic E-state index is 11.4. The normalized spacial score (nSPS) is 25.1. The number of carboxylic acids is 1. The van der Waals surface area contributed by atoms with Crippen LogP contribution in [0, 0.1) is 0 Å². The smallest absolute Gasteiger partial charge is 0.402 e. The predicted molar refractivity (Wildman–Crippen MR) is 108 cm³/mol. The van der Waals surface area contributed by atoms with Gasteiger partial charge in [0.2, 0.25) is 12.0 Å². The number of carboxylic acid groups (broad SMARTS) is 1. The molecule has 1 aromatic heterocycles. The van der Waals surface area contributed by atoms with Crippen LogP contribution >= 0.6 is 0 Å². The zero-order valence-corrected chi connectivity index (χ0v) is 16.6. The second kappa shape index (κ2) is 8.26. The summed E-state index contributed by atoms with van der Waals surface area (Å²) in [5, 5.41) is 78.9. The largest absolute Gasteiger partial charge is 0.507 e. The lowest BCUT2D eigenvalue weighted by atomic mass is 9.99. The molecule has 8 N–H and O–H groups in total. The molecule has 0 saturated carbocycles. The molecular formula is C21H19O12+. The van der Waals surface area contributed by atoms with Gasteiger partial charge in [-0.1, -0.05) is 0 Å². The van der Waals surface area contributed by atoms with E-state index in [0.717, 1.165) is 18.2 Å². The van der Waals surface area contributed by atoms with Crippen LogP contribution in [0.1, 0.15) is 0 Å². The van der Waals surface area contributed by atoms with Crippen molar-refractivity contribution in [2.45, 2.75) is 30.7 Å². The summed E-state index contributed by atoms with van der Waals surface area (Å²) >= 11 is 0. The van der Waals surface area contributed by atoms with Gasteiger partial charge in [0, 0.05) is 18.2 Å². The third-order valence-corrected chi connectivity index (χ3v) is 5.11. The Hall–Kier alpha value is -3.84. The fourth-order valence-electron chi connectivity index (χ4n) is 3.41. The highest BCUT2D eigenvalue weighted by atomic mass is 16.7. The first-order valence-corrected chi connectivity index (χ1v) is 9.51.